The molecule has 0 saturated carbocycles. The highest BCUT2D eigenvalue weighted by atomic mass is 32.1. The minimum absolute atomic E-state index is 0.891. The second kappa shape index (κ2) is 10.5. The molecule has 2 nitrogen and oxygen atoms in total. The molecular weight excluding hydrogens is 567 g/mol. The standard InChI is InChI=1S/C42H27NOS/c1-3-11-28(12-4-1)29-19-21-31(22-20-29)43(32-23-24-40-36(25-32)33-15-7-9-17-39(33)44-40)38-27-42-37(34-16-8-10-18-41(34)45-42)26-35(38)30-13-5-2-6-14-30/h1-27H. The first-order valence-corrected chi connectivity index (χ1v) is 16.0. The van der Waals surface area contributed by atoms with E-state index in [9.17, 15) is 0 Å². The van der Waals surface area contributed by atoms with Gasteiger partial charge >= 0.3 is 0 Å². The lowest BCUT2D eigenvalue weighted by atomic mass is 9.98. The number of anilines is 3. The quantitative estimate of drug-likeness (QED) is 0.197. The molecule has 0 aliphatic carbocycles. The summed E-state index contributed by atoms with van der Waals surface area (Å²) >= 11 is 1.85. The van der Waals surface area contributed by atoms with Crippen molar-refractivity contribution >= 4 is 70.5 Å². The van der Waals surface area contributed by atoms with Crippen molar-refractivity contribution in [2.24, 2.45) is 0 Å². The molecule has 212 valence electrons. The van der Waals surface area contributed by atoms with Crippen LogP contribution in [0.2, 0.25) is 0 Å². The average molecular weight is 594 g/mol. The Labute approximate surface area is 265 Å². The van der Waals surface area contributed by atoms with Crippen LogP contribution in [-0.4, -0.2) is 0 Å². The van der Waals surface area contributed by atoms with Gasteiger partial charge in [0.1, 0.15) is 11.2 Å². The molecular formula is C42H27NOS. The monoisotopic (exact) mass is 593 g/mol. The van der Waals surface area contributed by atoms with Crippen molar-refractivity contribution in [2.45, 2.75) is 0 Å². The van der Waals surface area contributed by atoms with Gasteiger partial charge in [0.15, 0.2) is 0 Å². The predicted octanol–water partition coefficient (Wildman–Crippen LogP) is 12.8. The highest BCUT2D eigenvalue weighted by Crippen LogP contribution is 2.47. The zero-order valence-corrected chi connectivity index (χ0v) is 25.2. The van der Waals surface area contributed by atoms with Gasteiger partial charge in [-0.25, -0.2) is 0 Å². The van der Waals surface area contributed by atoms with Crippen LogP contribution >= 0.6 is 11.3 Å². The molecule has 0 N–H and O–H groups in total. The third-order valence-electron chi connectivity index (χ3n) is 8.67. The summed E-state index contributed by atoms with van der Waals surface area (Å²) < 4.78 is 8.80. The van der Waals surface area contributed by atoms with E-state index in [1.54, 1.807) is 0 Å². The first-order valence-electron chi connectivity index (χ1n) is 15.2. The molecule has 0 aliphatic heterocycles. The fourth-order valence-electron chi connectivity index (χ4n) is 6.51. The van der Waals surface area contributed by atoms with Crippen LogP contribution in [0.25, 0.3) is 64.4 Å². The van der Waals surface area contributed by atoms with E-state index >= 15 is 0 Å². The predicted molar refractivity (Wildman–Crippen MR) is 192 cm³/mol. The van der Waals surface area contributed by atoms with Gasteiger partial charge in [-0.05, 0) is 71.3 Å². The molecule has 0 amide bonds. The largest absolute Gasteiger partial charge is 0.456 e. The normalized spacial score (nSPS) is 11.6. The number of benzene rings is 7. The van der Waals surface area contributed by atoms with Gasteiger partial charge in [-0.1, -0.05) is 109 Å². The maximum Gasteiger partial charge on any atom is 0.135 e. The van der Waals surface area contributed by atoms with E-state index in [0.29, 0.717) is 0 Å². The molecule has 0 atom stereocenters. The number of rotatable bonds is 5. The van der Waals surface area contributed by atoms with Crippen LogP contribution in [0.5, 0.6) is 0 Å². The third-order valence-corrected chi connectivity index (χ3v) is 9.81. The molecule has 9 rings (SSSR count). The van der Waals surface area contributed by atoms with Crippen molar-refractivity contribution in [2.75, 3.05) is 4.90 Å². The lowest BCUT2D eigenvalue weighted by Gasteiger charge is -2.28. The van der Waals surface area contributed by atoms with E-state index < -0.39 is 0 Å². The van der Waals surface area contributed by atoms with E-state index in [-0.39, 0.29) is 0 Å². The van der Waals surface area contributed by atoms with Gasteiger partial charge in [-0.2, -0.15) is 0 Å². The topological polar surface area (TPSA) is 16.4 Å². The van der Waals surface area contributed by atoms with Crippen LogP contribution in [-0.2, 0) is 0 Å². The summed E-state index contributed by atoms with van der Waals surface area (Å²) in [6, 6.07) is 58.6. The summed E-state index contributed by atoms with van der Waals surface area (Å²) in [7, 11) is 0. The first-order chi connectivity index (χ1) is 22.3. The molecule has 3 heteroatoms. The molecule has 45 heavy (non-hydrogen) atoms. The second-order valence-electron chi connectivity index (χ2n) is 11.4. The highest BCUT2D eigenvalue weighted by molar-refractivity contribution is 7.25. The van der Waals surface area contributed by atoms with Gasteiger partial charge in [0.25, 0.3) is 0 Å². The van der Waals surface area contributed by atoms with Crippen molar-refractivity contribution in [1.29, 1.82) is 0 Å². The first kappa shape index (κ1) is 25.8. The molecule has 2 aromatic heterocycles. The molecule has 0 unspecified atom stereocenters. The Morgan fingerprint density at radius 2 is 1.02 bits per heavy atom. The van der Waals surface area contributed by atoms with Crippen LogP contribution in [0, 0.1) is 0 Å². The summed E-state index contributed by atoms with van der Waals surface area (Å²) in [5.74, 6) is 0. The molecule has 0 radical (unpaired) electrons. The van der Waals surface area contributed by atoms with Crippen LogP contribution in [0.4, 0.5) is 17.1 Å². The zero-order valence-electron chi connectivity index (χ0n) is 24.4. The lowest BCUT2D eigenvalue weighted by molar-refractivity contribution is 0.669. The van der Waals surface area contributed by atoms with E-state index in [4.69, 9.17) is 4.42 Å². The van der Waals surface area contributed by atoms with Gasteiger partial charge in [0.2, 0.25) is 0 Å². The molecule has 7 aromatic carbocycles. The minimum atomic E-state index is 0.891. The third kappa shape index (κ3) is 4.40. The Bertz CT molecular complexity index is 2470. The Morgan fingerprint density at radius 1 is 0.400 bits per heavy atom. The highest BCUT2D eigenvalue weighted by Gasteiger charge is 2.21. The maximum atomic E-state index is 6.23. The number of fused-ring (bicyclic) bond motifs is 6. The van der Waals surface area contributed by atoms with Crippen LogP contribution in [0.3, 0.4) is 0 Å². The number of hydrogen-bond donors (Lipinski definition) is 0. The van der Waals surface area contributed by atoms with Gasteiger partial charge in [0.05, 0.1) is 5.69 Å². The lowest BCUT2D eigenvalue weighted by Crippen LogP contribution is -2.11. The van der Waals surface area contributed by atoms with Gasteiger partial charge in [0, 0.05) is 47.9 Å². The van der Waals surface area contributed by atoms with Crippen LogP contribution < -0.4 is 4.90 Å². The molecule has 0 bridgehead atoms. The number of furan rings is 1. The fourth-order valence-corrected chi connectivity index (χ4v) is 7.63. The van der Waals surface area contributed by atoms with E-state index in [0.717, 1.165) is 39.0 Å². The minimum Gasteiger partial charge on any atom is -0.456 e. The summed E-state index contributed by atoms with van der Waals surface area (Å²) in [4.78, 5) is 2.40. The average Bonchev–Trinajstić information content (AvgIpc) is 3.67. The van der Waals surface area contributed by atoms with Crippen LogP contribution in [0.1, 0.15) is 0 Å². The zero-order chi connectivity index (χ0) is 29.7. The summed E-state index contributed by atoms with van der Waals surface area (Å²) in [5.41, 5.74) is 9.89. The van der Waals surface area contributed by atoms with Gasteiger partial charge < -0.3 is 9.32 Å². The molecule has 0 spiro atoms. The summed E-state index contributed by atoms with van der Waals surface area (Å²) in [6.45, 7) is 0. The summed E-state index contributed by atoms with van der Waals surface area (Å²) in [6.07, 6.45) is 0. The van der Waals surface area contributed by atoms with Gasteiger partial charge in [-0.15, -0.1) is 11.3 Å². The molecule has 9 aromatic rings. The SMILES string of the molecule is c1ccc(-c2ccc(N(c3ccc4oc5ccccc5c4c3)c3cc4sc5ccccc5c4cc3-c3ccccc3)cc2)cc1. The Balaban J connectivity index is 1.32. The molecule has 0 aliphatic rings. The molecule has 2 heterocycles. The molecule has 0 fully saturated rings. The van der Waals surface area contributed by atoms with Crippen LogP contribution in [0.15, 0.2) is 168 Å². The number of thiophene rings is 1. The fraction of sp³-hybridized carbons (Fsp3) is 0. The Morgan fingerprint density at radius 3 is 1.82 bits per heavy atom. The Kier molecular flexibility index (Phi) is 6.03. The second-order valence-corrected chi connectivity index (χ2v) is 12.4. The maximum absolute atomic E-state index is 6.23. The van der Waals surface area contributed by atoms with E-state index in [1.807, 2.05) is 23.5 Å². The van der Waals surface area contributed by atoms with Crippen molar-refractivity contribution in [3.05, 3.63) is 164 Å². The summed E-state index contributed by atoms with van der Waals surface area (Å²) in [5, 5.41) is 4.82. The van der Waals surface area contributed by atoms with Crippen molar-refractivity contribution in [3.8, 4) is 22.3 Å². The van der Waals surface area contributed by atoms with E-state index in [2.05, 4.69) is 157 Å². The number of para-hydroxylation sites is 1. The smallest absolute Gasteiger partial charge is 0.135 e. The van der Waals surface area contributed by atoms with Gasteiger partial charge in [-0.3, -0.25) is 0 Å². The van der Waals surface area contributed by atoms with Crippen molar-refractivity contribution in [1.82, 2.24) is 0 Å². The molecule has 0 saturated heterocycles. The van der Waals surface area contributed by atoms with E-state index in [1.165, 1.54) is 42.4 Å². The van der Waals surface area contributed by atoms with Crippen molar-refractivity contribution < 1.29 is 4.42 Å². The Hall–Kier alpha value is -5.64. The number of hydrogen-bond acceptors (Lipinski definition) is 3. The number of nitrogens with zero attached hydrogens (tertiary/aromatic N) is 1. The van der Waals surface area contributed by atoms with Crippen molar-refractivity contribution in [3.63, 3.8) is 0 Å².